The molecule has 5 rings (SSSR count). The molecule has 1 N–H and O–H groups in total. The molecule has 3 amide bonds. The Morgan fingerprint density at radius 1 is 1.18 bits per heavy atom. The van der Waals surface area contributed by atoms with Crippen molar-refractivity contribution in [2.24, 2.45) is 7.05 Å². The minimum atomic E-state index is -0.473. The molecule has 9 heteroatoms. The summed E-state index contributed by atoms with van der Waals surface area (Å²) < 4.78 is 1.63. The van der Waals surface area contributed by atoms with E-state index in [4.69, 9.17) is 11.6 Å². The van der Waals surface area contributed by atoms with E-state index in [-0.39, 0.29) is 11.9 Å². The van der Waals surface area contributed by atoms with Crippen LogP contribution in [-0.2, 0) is 11.8 Å². The highest BCUT2D eigenvalue weighted by Gasteiger charge is 2.46. The van der Waals surface area contributed by atoms with E-state index in [9.17, 15) is 9.59 Å². The number of thioether (sulfide) groups is 1. The Bertz CT molecular complexity index is 1170. The van der Waals surface area contributed by atoms with Gasteiger partial charge in [-0.3, -0.25) is 14.5 Å². The average molecular weight is 412 g/mol. The van der Waals surface area contributed by atoms with Gasteiger partial charge < -0.3 is 5.32 Å². The minimum absolute atomic E-state index is 0.285. The number of halogens is 1. The predicted octanol–water partition coefficient (Wildman–Crippen LogP) is 3.20. The van der Waals surface area contributed by atoms with Crippen molar-refractivity contribution in [2.45, 2.75) is 11.3 Å². The van der Waals surface area contributed by atoms with Gasteiger partial charge in [-0.05, 0) is 12.1 Å². The summed E-state index contributed by atoms with van der Waals surface area (Å²) in [7, 11) is 1.77. The van der Waals surface area contributed by atoms with Crippen LogP contribution >= 0.6 is 23.4 Å². The maximum Gasteiger partial charge on any atom is 0.329 e. The third-order valence-corrected chi connectivity index (χ3v) is 6.56. The van der Waals surface area contributed by atoms with E-state index >= 15 is 0 Å². The van der Waals surface area contributed by atoms with Gasteiger partial charge in [-0.15, -0.1) is 11.8 Å². The standard InChI is InChI=1S/C19H14ClN5O2S/c1-24-16-10(8-22-24)7-21-9-14(16)25-18(26)17-13(23-19(25)27)6-15(28-17)11-4-2-3-5-12(11)20/h2-9,13,17H,1H3,(H,23,27). The average Bonchev–Trinajstić information content (AvgIpc) is 3.27. The number of hydrogen-bond acceptors (Lipinski definition) is 5. The number of carbonyl (C=O) groups is 2. The Morgan fingerprint density at radius 3 is 2.82 bits per heavy atom. The number of fused-ring (bicyclic) bond motifs is 2. The van der Waals surface area contributed by atoms with Crippen molar-refractivity contribution in [2.75, 3.05) is 4.90 Å². The fraction of sp³-hybridized carbons (Fsp3) is 0.158. The van der Waals surface area contributed by atoms with Gasteiger partial charge in [0.1, 0.15) is 5.25 Å². The Balaban J connectivity index is 1.53. The highest BCUT2D eigenvalue weighted by atomic mass is 35.5. The van der Waals surface area contributed by atoms with E-state index in [1.54, 1.807) is 24.1 Å². The van der Waals surface area contributed by atoms with Gasteiger partial charge in [0, 0.05) is 34.1 Å². The number of rotatable bonds is 2. The molecule has 0 radical (unpaired) electrons. The lowest BCUT2D eigenvalue weighted by atomic mass is 10.1. The van der Waals surface area contributed by atoms with Gasteiger partial charge in [0.05, 0.1) is 29.6 Å². The number of pyridine rings is 1. The van der Waals surface area contributed by atoms with Crippen LogP contribution in [0.15, 0.2) is 48.9 Å². The molecule has 1 fully saturated rings. The largest absolute Gasteiger partial charge is 0.329 e. The monoisotopic (exact) mass is 411 g/mol. The van der Waals surface area contributed by atoms with Gasteiger partial charge in [-0.2, -0.15) is 5.10 Å². The highest BCUT2D eigenvalue weighted by molar-refractivity contribution is 8.09. The number of anilines is 1. The summed E-state index contributed by atoms with van der Waals surface area (Å²) in [6, 6.07) is 6.61. The van der Waals surface area contributed by atoms with E-state index in [1.807, 2.05) is 30.3 Å². The minimum Gasteiger partial charge on any atom is -0.329 e. The number of amides is 3. The number of nitrogens with zero attached hydrogens (tertiary/aromatic N) is 4. The van der Waals surface area contributed by atoms with Crippen molar-refractivity contribution >= 4 is 56.8 Å². The zero-order valence-electron chi connectivity index (χ0n) is 14.7. The first-order chi connectivity index (χ1) is 13.5. The fourth-order valence-electron chi connectivity index (χ4n) is 3.57. The third-order valence-electron chi connectivity index (χ3n) is 4.87. The van der Waals surface area contributed by atoms with Crippen LogP contribution in [-0.4, -0.2) is 38.0 Å². The number of aryl methyl sites for hydroxylation is 1. The molecule has 1 aromatic carbocycles. The smallest absolute Gasteiger partial charge is 0.329 e. The molecule has 2 aliphatic heterocycles. The number of urea groups is 1. The first-order valence-corrected chi connectivity index (χ1v) is 9.84. The molecule has 2 aromatic heterocycles. The van der Waals surface area contributed by atoms with Gasteiger partial charge in [0.2, 0.25) is 0 Å². The third kappa shape index (κ3) is 2.52. The summed E-state index contributed by atoms with van der Waals surface area (Å²) in [5.41, 5.74) is 1.96. The molecule has 28 heavy (non-hydrogen) atoms. The lowest BCUT2D eigenvalue weighted by molar-refractivity contribution is -0.118. The summed E-state index contributed by atoms with van der Waals surface area (Å²) in [5, 5.41) is 8.03. The van der Waals surface area contributed by atoms with Crippen LogP contribution in [0, 0.1) is 0 Å². The molecule has 0 spiro atoms. The van der Waals surface area contributed by atoms with Crippen LogP contribution in [0.5, 0.6) is 0 Å². The van der Waals surface area contributed by atoms with Crippen molar-refractivity contribution in [3.63, 3.8) is 0 Å². The number of hydrogen-bond donors (Lipinski definition) is 1. The second-order valence-corrected chi connectivity index (χ2v) is 8.15. The summed E-state index contributed by atoms with van der Waals surface area (Å²) in [5.74, 6) is -0.285. The molecule has 2 atom stereocenters. The first kappa shape index (κ1) is 17.3. The van der Waals surface area contributed by atoms with Crippen LogP contribution in [0.4, 0.5) is 10.5 Å². The maximum absolute atomic E-state index is 13.3. The molecular weight excluding hydrogens is 398 g/mol. The van der Waals surface area contributed by atoms with Crippen molar-refractivity contribution in [1.82, 2.24) is 20.1 Å². The Hall–Kier alpha value is -2.84. The highest BCUT2D eigenvalue weighted by Crippen LogP contribution is 2.44. The van der Waals surface area contributed by atoms with Gasteiger partial charge >= 0.3 is 6.03 Å². The number of benzene rings is 1. The quantitative estimate of drug-likeness (QED) is 0.700. The van der Waals surface area contributed by atoms with Gasteiger partial charge in [0.15, 0.2) is 0 Å². The zero-order valence-corrected chi connectivity index (χ0v) is 16.2. The predicted molar refractivity (Wildman–Crippen MR) is 109 cm³/mol. The Kier molecular flexibility index (Phi) is 3.92. The number of carbonyl (C=O) groups excluding carboxylic acids is 2. The van der Waals surface area contributed by atoms with Crippen LogP contribution in [0.25, 0.3) is 15.8 Å². The number of imide groups is 1. The van der Waals surface area contributed by atoms with Gasteiger partial charge in [0.25, 0.3) is 5.91 Å². The van der Waals surface area contributed by atoms with Crippen molar-refractivity contribution in [3.05, 3.63) is 59.5 Å². The molecular formula is C19H14ClN5O2S. The first-order valence-electron chi connectivity index (χ1n) is 8.58. The van der Waals surface area contributed by atoms with E-state index in [1.165, 1.54) is 18.0 Å². The molecule has 2 aliphatic rings. The van der Waals surface area contributed by atoms with Crippen LogP contribution < -0.4 is 10.2 Å². The van der Waals surface area contributed by atoms with E-state index in [2.05, 4.69) is 15.4 Å². The maximum atomic E-state index is 13.3. The van der Waals surface area contributed by atoms with E-state index in [0.29, 0.717) is 16.2 Å². The molecule has 0 bridgehead atoms. The van der Waals surface area contributed by atoms with Crippen LogP contribution in [0.2, 0.25) is 5.02 Å². The van der Waals surface area contributed by atoms with Crippen molar-refractivity contribution in [3.8, 4) is 0 Å². The van der Waals surface area contributed by atoms with Crippen molar-refractivity contribution in [1.29, 1.82) is 0 Å². The summed E-state index contributed by atoms with van der Waals surface area (Å²) >= 11 is 7.72. The summed E-state index contributed by atoms with van der Waals surface area (Å²) in [6.07, 6.45) is 6.72. The van der Waals surface area contributed by atoms with E-state index in [0.717, 1.165) is 20.8 Å². The summed E-state index contributed by atoms with van der Waals surface area (Å²) in [4.78, 5) is 32.3. The zero-order chi connectivity index (χ0) is 19.4. The second kappa shape index (κ2) is 6.35. The molecule has 3 aromatic rings. The van der Waals surface area contributed by atoms with Crippen LogP contribution in [0.3, 0.4) is 0 Å². The topological polar surface area (TPSA) is 80.1 Å². The molecule has 1 saturated heterocycles. The molecule has 140 valence electrons. The molecule has 0 saturated carbocycles. The number of nitrogens with one attached hydrogen (secondary N) is 1. The normalized spacial score (nSPS) is 21.6. The summed E-state index contributed by atoms with van der Waals surface area (Å²) in [6.45, 7) is 0. The van der Waals surface area contributed by atoms with E-state index < -0.39 is 11.3 Å². The number of aromatic nitrogens is 3. The lowest BCUT2D eigenvalue weighted by Crippen LogP contribution is -2.60. The van der Waals surface area contributed by atoms with Gasteiger partial charge in [-0.1, -0.05) is 29.8 Å². The Labute approximate surface area is 169 Å². The molecule has 4 heterocycles. The van der Waals surface area contributed by atoms with Crippen LogP contribution in [0.1, 0.15) is 5.56 Å². The van der Waals surface area contributed by atoms with Gasteiger partial charge in [-0.25, -0.2) is 9.69 Å². The molecule has 7 nitrogen and oxygen atoms in total. The second-order valence-electron chi connectivity index (χ2n) is 6.56. The SMILES string of the molecule is Cn1ncc2cncc(N3C(=O)NC4C=C(c5ccccc5Cl)SC4C3=O)c21. The fourth-order valence-corrected chi connectivity index (χ4v) is 5.17. The Morgan fingerprint density at radius 2 is 2.00 bits per heavy atom. The lowest BCUT2D eigenvalue weighted by Gasteiger charge is -2.33. The molecule has 0 aliphatic carbocycles. The van der Waals surface area contributed by atoms with Crippen molar-refractivity contribution < 1.29 is 9.59 Å². The molecule has 2 unspecified atom stereocenters.